The molecule has 0 saturated heterocycles. The zero-order chi connectivity index (χ0) is 19.1. The molecule has 0 aliphatic carbocycles. The number of halogens is 1. The molecule has 1 amide bonds. The maximum atomic E-state index is 12.3. The molecule has 0 fully saturated rings. The highest BCUT2D eigenvalue weighted by atomic mass is 79.9. The smallest absolute Gasteiger partial charge is 0.261 e. The van der Waals surface area contributed by atoms with Gasteiger partial charge in [0.05, 0.1) is 21.3 Å². The van der Waals surface area contributed by atoms with Crippen LogP contribution in [0.1, 0.15) is 12.5 Å². The Morgan fingerprint density at radius 1 is 1.00 bits per heavy atom. The van der Waals surface area contributed by atoms with Gasteiger partial charge in [-0.2, -0.15) is 0 Å². The van der Waals surface area contributed by atoms with Gasteiger partial charge >= 0.3 is 0 Å². The van der Waals surface area contributed by atoms with Crippen LogP contribution in [0.5, 0.6) is 23.0 Å². The first kappa shape index (κ1) is 19.9. The van der Waals surface area contributed by atoms with Crippen LogP contribution in [0.4, 0.5) is 0 Å². The van der Waals surface area contributed by atoms with Crippen LogP contribution >= 0.6 is 15.9 Å². The second-order valence-electron chi connectivity index (χ2n) is 5.43. The summed E-state index contributed by atoms with van der Waals surface area (Å²) in [5, 5.41) is 2.84. The summed E-state index contributed by atoms with van der Waals surface area (Å²) in [6.45, 7) is 1.97. The van der Waals surface area contributed by atoms with E-state index >= 15 is 0 Å². The molecule has 0 aliphatic heterocycles. The number of amides is 1. The number of carbonyl (C=O) groups is 1. The second kappa shape index (κ2) is 9.33. The molecule has 0 bridgehead atoms. The van der Waals surface area contributed by atoms with Crippen LogP contribution in [0.15, 0.2) is 40.9 Å². The number of hydrogen-bond donors (Lipinski definition) is 1. The predicted molar refractivity (Wildman–Crippen MR) is 102 cm³/mol. The number of rotatable bonds is 8. The lowest BCUT2D eigenvalue weighted by Gasteiger charge is -2.18. The number of benzene rings is 2. The minimum atomic E-state index is -0.637. The van der Waals surface area contributed by atoms with Crippen molar-refractivity contribution in [2.24, 2.45) is 0 Å². The lowest BCUT2D eigenvalue weighted by atomic mass is 10.1. The molecule has 140 valence electrons. The first-order chi connectivity index (χ1) is 12.5. The maximum absolute atomic E-state index is 12.3. The third kappa shape index (κ3) is 4.82. The molecule has 0 unspecified atom stereocenters. The van der Waals surface area contributed by atoms with Crippen molar-refractivity contribution in [2.75, 3.05) is 21.3 Å². The van der Waals surface area contributed by atoms with E-state index in [9.17, 15) is 4.79 Å². The van der Waals surface area contributed by atoms with Gasteiger partial charge in [-0.15, -0.1) is 0 Å². The Hall–Kier alpha value is -2.41. The van der Waals surface area contributed by atoms with Crippen molar-refractivity contribution in [1.82, 2.24) is 5.32 Å². The van der Waals surface area contributed by atoms with Crippen LogP contribution in [0.25, 0.3) is 0 Å². The Labute approximate surface area is 161 Å². The summed E-state index contributed by atoms with van der Waals surface area (Å²) in [6, 6.07) is 10.9. The molecule has 7 heteroatoms. The summed E-state index contributed by atoms with van der Waals surface area (Å²) in [7, 11) is 4.64. The number of ether oxygens (including phenoxy) is 4. The van der Waals surface area contributed by atoms with Crippen LogP contribution in [-0.2, 0) is 11.3 Å². The molecular formula is C19H22BrNO5. The fourth-order valence-corrected chi connectivity index (χ4v) is 2.66. The average Bonchev–Trinajstić information content (AvgIpc) is 2.66. The molecule has 0 aliphatic rings. The lowest BCUT2D eigenvalue weighted by molar-refractivity contribution is -0.127. The quantitative estimate of drug-likeness (QED) is 0.702. The predicted octanol–water partition coefficient (Wildman–Crippen LogP) is 3.56. The first-order valence-electron chi connectivity index (χ1n) is 7.98. The number of hydrogen-bond acceptors (Lipinski definition) is 5. The molecule has 2 rings (SSSR count). The number of nitrogens with one attached hydrogen (secondary N) is 1. The molecule has 2 aromatic rings. The van der Waals surface area contributed by atoms with Crippen molar-refractivity contribution in [3.05, 3.63) is 46.4 Å². The SMILES string of the molecule is COc1ccc(CNC(=O)[C@@H](C)Oc2ccc(Br)cc2)c(OC)c1OC. The van der Waals surface area contributed by atoms with Gasteiger partial charge in [0.15, 0.2) is 17.6 Å². The fraction of sp³-hybridized carbons (Fsp3) is 0.316. The molecular weight excluding hydrogens is 402 g/mol. The van der Waals surface area contributed by atoms with Crippen molar-refractivity contribution >= 4 is 21.8 Å². The summed E-state index contributed by atoms with van der Waals surface area (Å²) < 4.78 is 22.6. The van der Waals surface area contributed by atoms with E-state index in [2.05, 4.69) is 21.2 Å². The van der Waals surface area contributed by atoms with Crippen molar-refractivity contribution in [3.8, 4) is 23.0 Å². The van der Waals surface area contributed by atoms with E-state index in [0.717, 1.165) is 10.0 Å². The molecule has 1 N–H and O–H groups in total. The van der Waals surface area contributed by atoms with Crippen LogP contribution in [0.2, 0.25) is 0 Å². The van der Waals surface area contributed by atoms with Crippen LogP contribution in [0.3, 0.4) is 0 Å². The zero-order valence-corrected chi connectivity index (χ0v) is 16.8. The highest BCUT2D eigenvalue weighted by Gasteiger charge is 2.18. The standard InChI is InChI=1S/C19H22BrNO5/c1-12(26-15-8-6-14(20)7-9-15)19(22)21-11-13-5-10-16(23-2)18(25-4)17(13)24-3/h5-10,12H,11H2,1-4H3,(H,21,22)/t12-/m1/s1. The van der Waals surface area contributed by atoms with Gasteiger partial charge in [-0.25, -0.2) is 0 Å². The van der Waals surface area contributed by atoms with E-state index in [1.165, 1.54) is 7.11 Å². The Kier molecular flexibility index (Phi) is 7.15. The zero-order valence-electron chi connectivity index (χ0n) is 15.2. The Morgan fingerprint density at radius 3 is 2.23 bits per heavy atom. The number of methoxy groups -OCH3 is 3. The van der Waals surface area contributed by atoms with E-state index in [1.807, 2.05) is 18.2 Å². The topological polar surface area (TPSA) is 66.0 Å². The van der Waals surface area contributed by atoms with E-state index in [4.69, 9.17) is 18.9 Å². The van der Waals surface area contributed by atoms with Gasteiger partial charge in [0.2, 0.25) is 5.75 Å². The van der Waals surface area contributed by atoms with E-state index in [1.54, 1.807) is 39.3 Å². The highest BCUT2D eigenvalue weighted by Crippen LogP contribution is 2.39. The summed E-state index contributed by atoms with van der Waals surface area (Å²) in [4.78, 5) is 12.3. The van der Waals surface area contributed by atoms with Gasteiger partial charge < -0.3 is 24.3 Å². The van der Waals surface area contributed by atoms with Crippen LogP contribution in [0, 0.1) is 0 Å². The summed E-state index contributed by atoms with van der Waals surface area (Å²) in [5.41, 5.74) is 0.773. The van der Waals surface area contributed by atoms with Gasteiger partial charge in [-0.05, 0) is 43.3 Å². The van der Waals surface area contributed by atoms with E-state index in [0.29, 0.717) is 23.0 Å². The molecule has 0 aromatic heterocycles. The van der Waals surface area contributed by atoms with E-state index in [-0.39, 0.29) is 12.5 Å². The van der Waals surface area contributed by atoms with Crippen molar-refractivity contribution in [3.63, 3.8) is 0 Å². The van der Waals surface area contributed by atoms with Gasteiger partial charge in [-0.3, -0.25) is 4.79 Å². The third-order valence-corrected chi connectivity index (χ3v) is 4.26. The van der Waals surface area contributed by atoms with Crippen molar-refractivity contribution in [1.29, 1.82) is 0 Å². The summed E-state index contributed by atoms with van der Waals surface area (Å²) >= 11 is 3.36. The molecule has 1 atom stereocenters. The minimum absolute atomic E-state index is 0.232. The highest BCUT2D eigenvalue weighted by molar-refractivity contribution is 9.10. The molecule has 26 heavy (non-hydrogen) atoms. The molecule has 0 heterocycles. The largest absolute Gasteiger partial charge is 0.493 e. The average molecular weight is 424 g/mol. The van der Waals surface area contributed by atoms with E-state index < -0.39 is 6.10 Å². The normalized spacial score (nSPS) is 11.4. The monoisotopic (exact) mass is 423 g/mol. The summed E-state index contributed by atoms with van der Waals surface area (Å²) in [5.74, 6) is 1.96. The molecule has 6 nitrogen and oxygen atoms in total. The van der Waals surface area contributed by atoms with Gasteiger partial charge in [-0.1, -0.05) is 15.9 Å². The molecule has 0 radical (unpaired) electrons. The Morgan fingerprint density at radius 2 is 1.65 bits per heavy atom. The van der Waals surface area contributed by atoms with Gasteiger partial charge in [0.25, 0.3) is 5.91 Å². The van der Waals surface area contributed by atoms with Gasteiger partial charge in [0.1, 0.15) is 5.75 Å². The first-order valence-corrected chi connectivity index (χ1v) is 8.77. The maximum Gasteiger partial charge on any atom is 0.261 e. The van der Waals surface area contributed by atoms with Crippen molar-refractivity contribution in [2.45, 2.75) is 19.6 Å². The molecule has 0 spiro atoms. The molecule has 2 aromatic carbocycles. The second-order valence-corrected chi connectivity index (χ2v) is 6.34. The van der Waals surface area contributed by atoms with Crippen molar-refractivity contribution < 1.29 is 23.7 Å². The van der Waals surface area contributed by atoms with Crippen LogP contribution < -0.4 is 24.3 Å². The van der Waals surface area contributed by atoms with Crippen LogP contribution in [-0.4, -0.2) is 33.3 Å². The minimum Gasteiger partial charge on any atom is -0.493 e. The summed E-state index contributed by atoms with van der Waals surface area (Å²) in [6.07, 6.45) is -0.637. The lowest BCUT2D eigenvalue weighted by Crippen LogP contribution is -2.36. The number of carbonyl (C=O) groups excluding carboxylic acids is 1. The third-order valence-electron chi connectivity index (χ3n) is 3.73. The molecule has 0 saturated carbocycles. The Bertz CT molecular complexity index is 748. The fourth-order valence-electron chi connectivity index (χ4n) is 2.40. The van der Waals surface area contributed by atoms with Gasteiger partial charge in [0, 0.05) is 16.6 Å². The Balaban J connectivity index is 2.03.